The molecule has 104 valence electrons. The second kappa shape index (κ2) is 6.73. The van der Waals surface area contributed by atoms with Gasteiger partial charge in [0.15, 0.2) is 0 Å². The van der Waals surface area contributed by atoms with Crippen LogP contribution in [0.1, 0.15) is 33.6 Å². The number of carbonyl (C=O) groups is 2. The highest BCUT2D eigenvalue weighted by atomic mass is 16.2. The Balaban J connectivity index is 2.42. The third-order valence-corrected chi connectivity index (χ3v) is 3.61. The first-order valence-corrected chi connectivity index (χ1v) is 6.74. The van der Waals surface area contributed by atoms with Crippen molar-refractivity contribution < 1.29 is 9.59 Å². The molecule has 5 nitrogen and oxygen atoms in total. The lowest BCUT2D eigenvalue weighted by Crippen LogP contribution is -2.50. The summed E-state index contributed by atoms with van der Waals surface area (Å²) in [5.41, 5.74) is 0. The van der Waals surface area contributed by atoms with Crippen LogP contribution >= 0.6 is 0 Å². The maximum Gasteiger partial charge on any atom is 0.244 e. The summed E-state index contributed by atoms with van der Waals surface area (Å²) >= 11 is 0. The first-order chi connectivity index (χ1) is 8.45. The quantitative estimate of drug-likeness (QED) is 0.762. The fourth-order valence-electron chi connectivity index (χ4n) is 2.10. The van der Waals surface area contributed by atoms with Crippen molar-refractivity contribution in [2.24, 2.45) is 5.92 Å². The molecule has 3 atom stereocenters. The highest BCUT2D eigenvalue weighted by Crippen LogP contribution is 2.14. The van der Waals surface area contributed by atoms with Gasteiger partial charge in [-0.25, -0.2) is 0 Å². The van der Waals surface area contributed by atoms with Crippen molar-refractivity contribution in [3.8, 4) is 0 Å². The van der Waals surface area contributed by atoms with E-state index in [0.29, 0.717) is 19.1 Å². The van der Waals surface area contributed by atoms with E-state index in [2.05, 4.69) is 17.6 Å². The highest BCUT2D eigenvalue weighted by molar-refractivity contribution is 5.88. The minimum Gasteiger partial charge on any atom is -0.344 e. The van der Waals surface area contributed by atoms with E-state index in [0.717, 1.165) is 12.8 Å². The van der Waals surface area contributed by atoms with Crippen molar-refractivity contribution in [2.75, 3.05) is 20.1 Å². The van der Waals surface area contributed by atoms with E-state index in [1.54, 1.807) is 18.9 Å². The number of nitrogens with zero attached hydrogens (tertiary/aromatic N) is 1. The molecule has 0 aliphatic carbocycles. The van der Waals surface area contributed by atoms with E-state index in [1.165, 1.54) is 0 Å². The molecule has 0 radical (unpaired) electrons. The second-order valence-electron chi connectivity index (χ2n) is 5.17. The summed E-state index contributed by atoms with van der Waals surface area (Å²) in [6.07, 6.45) is 1.90. The molecule has 5 heteroatoms. The van der Waals surface area contributed by atoms with Crippen LogP contribution < -0.4 is 10.6 Å². The van der Waals surface area contributed by atoms with E-state index >= 15 is 0 Å². The number of hydrogen-bond donors (Lipinski definition) is 2. The number of piperidine rings is 1. The highest BCUT2D eigenvalue weighted by Gasteiger charge is 2.26. The average molecular weight is 255 g/mol. The van der Waals surface area contributed by atoms with Crippen molar-refractivity contribution in [2.45, 2.75) is 45.7 Å². The van der Waals surface area contributed by atoms with E-state index < -0.39 is 6.04 Å². The molecular formula is C13H25N3O2. The van der Waals surface area contributed by atoms with Gasteiger partial charge in [-0.2, -0.15) is 0 Å². The minimum absolute atomic E-state index is 0.0108. The smallest absolute Gasteiger partial charge is 0.244 e. The zero-order chi connectivity index (χ0) is 13.7. The fourth-order valence-corrected chi connectivity index (χ4v) is 2.10. The molecule has 0 saturated carbocycles. The number of amides is 2. The van der Waals surface area contributed by atoms with Crippen LogP contribution in [0.3, 0.4) is 0 Å². The average Bonchev–Trinajstić information content (AvgIpc) is 2.37. The Hall–Kier alpha value is -1.10. The van der Waals surface area contributed by atoms with Gasteiger partial charge in [0, 0.05) is 26.2 Å². The predicted octanol–water partition coefficient (Wildman–Crippen LogP) is 0.358. The van der Waals surface area contributed by atoms with Crippen LogP contribution in [0.4, 0.5) is 0 Å². The maximum absolute atomic E-state index is 12.0. The fraction of sp³-hybridized carbons (Fsp3) is 0.846. The van der Waals surface area contributed by atoms with Gasteiger partial charge in [0.05, 0.1) is 5.92 Å². The van der Waals surface area contributed by atoms with Crippen molar-refractivity contribution in [1.29, 1.82) is 0 Å². The van der Waals surface area contributed by atoms with Gasteiger partial charge in [0.1, 0.15) is 6.04 Å². The van der Waals surface area contributed by atoms with Crippen LogP contribution in [0.5, 0.6) is 0 Å². The summed E-state index contributed by atoms with van der Waals surface area (Å²) in [6, 6.07) is 0.0427. The molecule has 1 rings (SSSR count). The summed E-state index contributed by atoms with van der Waals surface area (Å²) in [5, 5.41) is 6.10. The van der Waals surface area contributed by atoms with Gasteiger partial charge in [-0.1, -0.05) is 0 Å². The van der Waals surface area contributed by atoms with Crippen LogP contribution in [0.25, 0.3) is 0 Å². The zero-order valence-electron chi connectivity index (χ0n) is 11.8. The van der Waals surface area contributed by atoms with Gasteiger partial charge < -0.3 is 15.5 Å². The first kappa shape index (κ1) is 15.0. The summed E-state index contributed by atoms with van der Waals surface area (Å²) in [4.78, 5) is 25.5. The topological polar surface area (TPSA) is 61.4 Å². The van der Waals surface area contributed by atoms with Gasteiger partial charge in [0.25, 0.3) is 0 Å². The molecule has 1 fully saturated rings. The number of rotatable bonds is 4. The van der Waals surface area contributed by atoms with Gasteiger partial charge in [0.2, 0.25) is 11.8 Å². The number of likely N-dealkylation sites (N-methyl/N-ethyl adjacent to an activating group) is 1. The van der Waals surface area contributed by atoms with Crippen molar-refractivity contribution in [3.05, 3.63) is 0 Å². The van der Waals surface area contributed by atoms with Crippen molar-refractivity contribution in [1.82, 2.24) is 15.5 Å². The molecule has 18 heavy (non-hydrogen) atoms. The van der Waals surface area contributed by atoms with Crippen LogP contribution in [-0.2, 0) is 9.59 Å². The molecule has 1 aliphatic rings. The van der Waals surface area contributed by atoms with Gasteiger partial charge in [-0.3, -0.25) is 9.59 Å². The van der Waals surface area contributed by atoms with Gasteiger partial charge >= 0.3 is 0 Å². The molecule has 2 amide bonds. The maximum atomic E-state index is 12.0. The van der Waals surface area contributed by atoms with Crippen molar-refractivity contribution in [3.63, 3.8) is 0 Å². The number of carbonyl (C=O) groups excluding carboxylic acids is 2. The Kier molecular flexibility index (Phi) is 5.59. The summed E-state index contributed by atoms with van der Waals surface area (Å²) in [6.45, 7) is 7.14. The van der Waals surface area contributed by atoms with Crippen LogP contribution in [0.15, 0.2) is 0 Å². The Labute approximate surface area is 109 Å². The largest absolute Gasteiger partial charge is 0.344 e. The molecule has 0 aromatic carbocycles. The monoisotopic (exact) mass is 255 g/mol. The molecule has 3 unspecified atom stereocenters. The van der Waals surface area contributed by atoms with Crippen molar-refractivity contribution >= 4 is 11.8 Å². The van der Waals surface area contributed by atoms with E-state index in [4.69, 9.17) is 0 Å². The summed E-state index contributed by atoms with van der Waals surface area (Å²) in [5.74, 6) is -0.0638. The SMILES string of the molecule is CCN(C)C(=O)C(C)NC(=O)C1CCC(C)NC1. The lowest BCUT2D eigenvalue weighted by molar-refractivity contribution is -0.136. The van der Waals surface area contributed by atoms with Crippen LogP contribution in [0.2, 0.25) is 0 Å². The summed E-state index contributed by atoms with van der Waals surface area (Å²) < 4.78 is 0. The molecule has 0 aromatic rings. The molecule has 1 heterocycles. The lowest BCUT2D eigenvalue weighted by Gasteiger charge is -2.28. The van der Waals surface area contributed by atoms with Crippen LogP contribution in [0, 0.1) is 5.92 Å². The Bertz CT molecular complexity index is 299. The molecule has 0 bridgehead atoms. The van der Waals surface area contributed by atoms with Gasteiger partial charge in [-0.05, 0) is 33.6 Å². The van der Waals surface area contributed by atoms with E-state index in [9.17, 15) is 9.59 Å². The van der Waals surface area contributed by atoms with E-state index in [-0.39, 0.29) is 17.7 Å². The Morgan fingerprint density at radius 3 is 2.61 bits per heavy atom. The molecule has 2 N–H and O–H groups in total. The molecule has 0 spiro atoms. The molecular weight excluding hydrogens is 230 g/mol. The number of hydrogen-bond acceptors (Lipinski definition) is 3. The third-order valence-electron chi connectivity index (χ3n) is 3.61. The minimum atomic E-state index is -0.443. The van der Waals surface area contributed by atoms with E-state index in [1.807, 2.05) is 6.92 Å². The van der Waals surface area contributed by atoms with Crippen LogP contribution in [-0.4, -0.2) is 48.9 Å². The second-order valence-corrected chi connectivity index (χ2v) is 5.17. The Morgan fingerprint density at radius 2 is 2.11 bits per heavy atom. The normalized spacial score (nSPS) is 25.3. The predicted molar refractivity (Wildman–Crippen MR) is 71.1 cm³/mol. The lowest BCUT2D eigenvalue weighted by atomic mass is 9.94. The summed E-state index contributed by atoms with van der Waals surface area (Å²) in [7, 11) is 1.74. The zero-order valence-corrected chi connectivity index (χ0v) is 11.8. The standard InChI is InChI=1S/C13H25N3O2/c1-5-16(4)13(18)10(3)15-12(17)11-7-6-9(2)14-8-11/h9-11,14H,5-8H2,1-4H3,(H,15,17). The Morgan fingerprint density at radius 1 is 1.44 bits per heavy atom. The van der Waals surface area contributed by atoms with Gasteiger partial charge in [-0.15, -0.1) is 0 Å². The number of nitrogens with one attached hydrogen (secondary N) is 2. The molecule has 1 saturated heterocycles. The molecule has 0 aromatic heterocycles. The molecule has 1 aliphatic heterocycles. The third kappa shape index (κ3) is 3.98. The first-order valence-electron chi connectivity index (χ1n) is 6.74.